The van der Waals surface area contributed by atoms with E-state index in [9.17, 15) is 14.4 Å². The van der Waals surface area contributed by atoms with Crippen LogP contribution >= 0.6 is 0 Å². The first-order chi connectivity index (χ1) is 13.8. The SMILES string of the molecule is CC(=O)OC[C@H](OC(C)=O)[C@H]1OC(C)(C)N(C(=O)OC(C)(C)C)[C@@H]1c1ccccc1. The Hall–Kier alpha value is -2.61. The first kappa shape index (κ1) is 23.7. The van der Waals surface area contributed by atoms with Gasteiger partial charge < -0.3 is 18.9 Å². The van der Waals surface area contributed by atoms with Crippen molar-refractivity contribution < 1.29 is 33.3 Å². The fourth-order valence-electron chi connectivity index (χ4n) is 3.46. The molecule has 0 N–H and O–H groups in total. The summed E-state index contributed by atoms with van der Waals surface area (Å²) in [5.41, 5.74) is -0.999. The molecule has 8 nitrogen and oxygen atoms in total. The van der Waals surface area contributed by atoms with Crippen LogP contribution in [0.1, 0.15) is 60.1 Å². The van der Waals surface area contributed by atoms with Crippen LogP contribution < -0.4 is 0 Å². The van der Waals surface area contributed by atoms with Crippen LogP contribution in [0, 0.1) is 0 Å². The van der Waals surface area contributed by atoms with E-state index in [0.717, 1.165) is 5.56 Å². The largest absolute Gasteiger partial charge is 0.462 e. The van der Waals surface area contributed by atoms with Gasteiger partial charge in [-0.05, 0) is 40.2 Å². The van der Waals surface area contributed by atoms with E-state index in [1.807, 2.05) is 30.3 Å². The van der Waals surface area contributed by atoms with Crippen LogP contribution in [0.3, 0.4) is 0 Å². The molecule has 0 unspecified atom stereocenters. The average molecular weight is 421 g/mol. The van der Waals surface area contributed by atoms with E-state index in [4.69, 9.17) is 18.9 Å². The maximum atomic E-state index is 13.1. The summed E-state index contributed by atoms with van der Waals surface area (Å²) >= 11 is 0. The molecule has 1 aromatic carbocycles. The minimum atomic E-state index is -1.07. The highest BCUT2D eigenvalue weighted by Crippen LogP contribution is 2.44. The van der Waals surface area contributed by atoms with Gasteiger partial charge in [0.05, 0.1) is 6.04 Å². The molecule has 8 heteroatoms. The van der Waals surface area contributed by atoms with Gasteiger partial charge in [0.1, 0.15) is 24.0 Å². The third kappa shape index (κ3) is 5.95. The number of carbonyl (C=O) groups excluding carboxylic acids is 3. The van der Waals surface area contributed by atoms with Crippen molar-refractivity contribution in [2.75, 3.05) is 6.61 Å². The van der Waals surface area contributed by atoms with Gasteiger partial charge in [-0.3, -0.25) is 14.5 Å². The molecule has 0 radical (unpaired) electrons. The summed E-state index contributed by atoms with van der Waals surface area (Å²) in [5, 5.41) is 0. The Kier molecular flexibility index (Phi) is 7.13. The van der Waals surface area contributed by atoms with Gasteiger partial charge in [-0.1, -0.05) is 30.3 Å². The van der Waals surface area contributed by atoms with Crippen molar-refractivity contribution in [1.29, 1.82) is 0 Å². The highest BCUT2D eigenvalue weighted by molar-refractivity contribution is 5.70. The van der Waals surface area contributed by atoms with Crippen molar-refractivity contribution in [2.24, 2.45) is 0 Å². The van der Waals surface area contributed by atoms with E-state index in [2.05, 4.69) is 0 Å². The lowest BCUT2D eigenvalue weighted by Gasteiger charge is -2.35. The summed E-state index contributed by atoms with van der Waals surface area (Å²) in [7, 11) is 0. The normalized spacial score (nSPS) is 21.6. The number of hydrogen-bond acceptors (Lipinski definition) is 7. The molecule has 0 aliphatic carbocycles. The lowest BCUT2D eigenvalue weighted by atomic mass is 9.97. The van der Waals surface area contributed by atoms with Gasteiger partial charge in [-0.15, -0.1) is 0 Å². The standard InChI is InChI=1S/C22H31NO7/c1-14(24)27-13-17(28-15(2)25)19-18(16-11-9-8-10-12-16)23(22(6,7)29-19)20(26)30-21(3,4)5/h8-12,17-19H,13H2,1-7H3/t17-,18+,19+/m0/s1. The lowest BCUT2D eigenvalue weighted by molar-refractivity contribution is -0.170. The van der Waals surface area contributed by atoms with E-state index in [1.54, 1.807) is 34.6 Å². The van der Waals surface area contributed by atoms with Crippen LogP contribution in [-0.2, 0) is 28.5 Å². The lowest BCUT2D eigenvalue weighted by Crippen LogP contribution is -2.47. The fourth-order valence-corrected chi connectivity index (χ4v) is 3.46. The van der Waals surface area contributed by atoms with Gasteiger partial charge in [0.15, 0.2) is 6.10 Å². The first-order valence-electron chi connectivity index (χ1n) is 9.87. The number of carbonyl (C=O) groups is 3. The van der Waals surface area contributed by atoms with E-state index >= 15 is 0 Å². The number of ether oxygens (including phenoxy) is 4. The van der Waals surface area contributed by atoms with Crippen LogP contribution in [0.4, 0.5) is 4.79 Å². The predicted octanol–water partition coefficient (Wildman–Crippen LogP) is 3.59. The van der Waals surface area contributed by atoms with Crippen LogP contribution in [0.5, 0.6) is 0 Å². The minimum Gasteiger partial charge on any atom is -0.462 e. The molecule has 166 valence electrons. The molecule has 3 atom stereocenters. The second kappa shape index (κ2) is 9.04. The molecule has 1 aromatic rings. The monoisotopic (exact) mass is 421 g/mol. The van der Waals surface area contributed by atoms with Crippen molar-refractivity contribution in [3.63, 3.8) is 0 Å². The number of nitrogens with zero attached hydrogens (tertiary/aromatic N) is 1. The molecular formula is C22H31NO7. The molecule has 1 aliphatic heterocycles. The number of hydrogen-bond donors (Lipinski definition) is 0. The zero-order valence-corrected chi connectivity index (χ0v) is 18.6. The Morgan fingerprint density at radius 3 is 2.20 bits per heavy atom. The van der Waals surface area contributed by atoms with E-state index in [1.165, 1.54) is 18.7 Å². The highest BCUT2D eigenvalue weighted by atomic mass is 16.6. The fraction of sp³-hybridized carbons (Fsp3) is 0.591. The summed E-state index contributed by atoms with van der Waals surface area (Å²) in [6.07, 6.45) is -2.25. The van der Waals surface area contributed by atoms with Gasteiger partial charge in [0.25, 0.3) is 0 Å². The van der Waals surface area contributed by atoms with Crippen molar-refractivity contribution in [1.82, 2.24) is 4.90 Å². The summed E-state index contributed by atoms with van der Waals surface area (Å²) in [5.74, 6) is -1.05. The van der Waals surface area contributed by atoms with E-state index < -0.39 is 47.6 Å². The van der Waals surface area contributed by atoms with Gasteiger partial charge in [0.2, 0.25) is 0 Å². The van der Waals surface area contributed by atoms with Crippen LogP contribution in [0.25, 0.3) is 0 Å². The quantitative estimate of drug-likeness (QED) is 0.530. The highest BCUT2D eigenvalue weighted by Gasteiger charge is 2.55. The maximum Gasteiger partial charge on any atom is 0.413 e. The molecule has 1 saturated heterocycles. The molecular weight excluding hydrogens is 390 g/mol. The Labute approximate surface area is 177 Å². The van der Waals surface area contributed by atoms with Crippen molar-refractivity contribution in [2.45, 2.75) is 78.0 Å². The molecule has 0 spiro atoms. The molecule has 30 heavy (non-hydrogen) atoms. The van der Waals surface area contributed by atoms with Gasteiger partial charge in [-0.25, -0.2) is 4.79 Å². The first-order valence-corrected chi connectivity index (χ1v) is 9.87. The Morgan fingerprint density at radius 2 is 1.70 bits per heavy atom. The smallest absolute Gasteiger partial charge is 0.413 e. The second-order valence-corrected chi connectivity index (χ2v) is 8.69. The van der Waals surface area contributed by atoms with Crippen molar-refractivity contribution in [3.05, 3.63) is 35.9 Å². The number of esters is 2. The summed E-state index contributed by atoms with van der Waals surface area (Å²) in [6, 6.07) is 8.64. The Balaban J connectivity index is 2.50. The van der Waals surface area contributed by atoms with Gasteiger partial charge >= 0.3 is 18.0 Å². The zero-order chi connectivity index (χ0) is 22.7. The van der Waals surface area contributed by atoms with Crippen LogP contribution in [-0.4, -0.2) is 53.1 Å². The molecule has 1 heterocycles. The topological polar surface area (TPSA) is 91.4 Å². The number of rotatable bonds is 5. The summed E-state index contributed by atoms with van der Waals surface area (Å²) in [6.45, 7) is 11.2. The molecule has 1 fully saturated rings. The van der Waals surface area contributed by atoms with Gasteiger partial charge in [0, 0.05) is 13.8 Å². The van der Waals surface area contributed by atoms with Crippen LogP contribution in [0.15, 0.2) is 30.3 Å². The third-order valence-corrected chi connectivity index (χ3v) is 4.46. The summed E-state index contributed by atoms with van der Waals surface area (Å²) < 4.78 is 22.4. The molecule has 0 aromatic heterocycles. The molecule has 0 saturated carbocycles. The minimum absolute atomic E-state index is 0.193. The van der Waals surface area contributed by atoms with Crippen LogP contribution in [0.2, 0.25) is 0 Å². The molecule has 0 bridgehead atoms. The Morgan fingerprint density at radius 1 is 1.10 bits per heavy atom. The number of benzene rings is 1. The van der Waals surface area contributed by atoms with Crippen molar-refractivity contribution >= 4 is 18.0 Å². The average Bonchev–Trinajstić information content (AvgIpc) is 2.88. The van der Waals surface area contributed by atoms with Gasteiger partial charge in [-0.2, -0.15) is 0 Å². The third-order valence-electron chi connectivity index (χ3n) is 4.46. The summed E-state index contributed by atoms with van der Waals surface area (Å²) in [4.78, 5) is 37.8. The Bertz CT molecular complexity index is 769. The zero-order valence-electron chi connectivity index (χ0n) is 18.6. The van der Waals surface area contributed by atoms with Crippen molar-refractivity contribution in [3.8, 4) is 0 Å². The molecule has 2 rings (SSSR count). The van der Waals surface area contributed by atoms with E-state index in [-0.39, 0.29) is 6.61 Å². The molecule has 1 aliphatic rings. The predicted molar refractivity (Wildman–Crippen MR) is 108 cm³/mol. The van der Waals surface area contributed by atoms with E-state index in [0.29, 0.717) is 0 Å². The molecule has 1 amide bonds. The second-order valence-electron chi connectivity index (χ2n) is 8.69. The maximum absolute atomic E-state index is 13.1. The number of amides is 1.